The number of carbonyl (C=O) groups excluding carboxylic acids is 1. The van der Waals surface area contributed by atoms with Crippen LogP contribution in [0.25, 0.3) is 22.3 Å². The molecule has 1 aliphatic heterocycles. The zero-order chi connectivity index (χ0) is 24.3. The quantitative estimate of drug-likeness (QED) is 0.551. The van der Waals surface area contributed by atoms with Gasteiger partial charge in [0, 0.05) is 24.0 Å². The molecule has 0 fully saturated rings. The van der Waals surface area contributed by atoms with E-state index in [0.717, 1.165) is 16.8 Å². The summed E-state index contributed by atoms with van der Waals surface area (Å²) in [7, 11) is 0. The van der Waals surface area contributed by atoms with Crippen LogP contribution in [0.1, 0.15) is 50.7 Å². The minimum atomic E-state index is -1.26. The molecule has 0 spiro atoms. The highest BCUT2D eigenvalue weighted by Gasteiger charge is 2.23. The molecule has 1 amide bonds. The van der Waals surface area contributed by atoms with Gasteiger partial charge in [-0.2, -0.15) is 0 Å². The number of alkyl carbamates (subject to hydrolysis) is 1. The molecule has 2 aliphatic rings. The predicted molar refractivity (Wildman–Crippen MR) is 128 cm³/mol. The largest absolute Gasteiger partial charge is 0.478 e. The molecule has 0 saturated heterocycles. The van der Waals surface area contributed by atoms with E-state index in [0.29, 0.717) is 17.7 Å². The average molecular weight is 451 g/mol. The van der Waals surface area contributed by atoms with Crippen LogP contribution in [0.2, 0.25) is 0 Å². The fourth-order valence-corrected chi connectivity index (χ4v) is 3.78. The molecule has 0 unspecified atom stereocenters. The van der Waals surface area contributed by atoms with Crippen LogP contribution in [0.15, 0.2) is 53.5 Å². The van der Waals surface area contributed by atoms with Gasteiger partial charge in [0.25, 0.3) is 0 Å². The number of benzene rings is 2. The second-order valence-corrected chi connectivity index (χ2v) is 9.46. The maximum Gasteiger partial charge on any atom is 0.407 e. The molecule has 7 nitrogen and oxygen atoms in total. The van der Waals surface area contributed by atoms with E-state index in [-0.39, 0.29) is 18.0 Å². The van der Waals surface area contributed by atoms with Gasteiger partial charge in [-0.3, -0.25) is 4.79 Å². The molecule has 0 atom stereocenters. The van der Waals surface area contributed by atoms with E-state index < -0.39 is 23.1 Å². The third-order valence-electron chi connectivity index (χ3n) is 5.01. The van der Waals surface area contributed by atoms with Gasteiger partial charge < -0.3 is 19.7 Å². The number of hydrogen-bond donors (Lipinski definition) is 2. The highest BCUT2D eigenvalue weighted by Crippen LogP contribution is 2.37. The van der Waals surface area contributed by atoms with Crippen molar-refractivity contribution in [3.8, 4) is 22.3 Å². The molecule has 1 aromatic rings. The summed E-state index contributed by atoms with van der Waals surface area (Å²) in [4.78, 5) is 36.5. The van der Waals surface area contributed by atoms with Gasteiger partial charge in [0.15, 0.2) is 5.43 Å². The van der Waals surface area contributed by atoms with Gasteiger partial charge in [-0.25, -0.2) is 9.59 Å². The van der Waals surface area contributed by atoms with Crippen LogP contribution in [0, 0.1) is 5.92 Å². The number of hydrogen-bond acceptors (Lipinski definition) is 4. The molecule has 0 saturated carbocycles. The van der Waals surface area contributed by atoms with Gasteiger partial charge in [-0.15, -0.1) is 0 Å². The first-order valence-corrected chi connectivity index (χ1v) is 10.9. The van der Waals surface area contributed by atoms with Crippen molar-refractivity contribution in [2.24, 2.45) is 5.92 Å². The Morgan fingerprint density at radius 3 is 2.33 bits per heavy atom. The highest BCUT2D eigenvalue weighted by molar-refractivity contribution is 5.93. The number of rotatable bonds is 6. The van der Waals surface area contributed by atoms with Crippen LogP contribution in [0.4, 0.5) is 4.79 Å². The lowest BCUT2D eigenvalue weighted by Crippen LogP contribution is -2.33. The van der Waals surface area contributed by atoms with E-state index in [2.05, 4.69) is 19.2 Å². The lowest BCUT2D eigenvalue weighted by atomic mass is 9.90. The lowest BCUT2D eigenvalue weighted by molar-refractivity contribution is 0.0521. The fourth-order valence-electron chi connectivity index (χ4n) is 3.78. The molecule has 174 valence electrons. The number of amides is 1. The minimum absolute atomic E-state index is 0.177. The zero-order valence-corrected chi connectivity index (χ0v) is 19.6. The number of carbonyl (C=O) groups is 2. The fraction of sp³-hybridized carbons (Fsp3) is 0.346. The van der Waals surface area contributed by atoms with Crippen molar-refractivity contribution < 1.29 is 19.4 Å². The second kappa shape index (κ2) is 9.48. The van der Waals surface area contributed by atoms with E-state index in [4.69, 9.17) is 4.74 Å². The lowest BCUT2D eigenvalue weighted by Gasteiger charge is -2.26. The predicted octanol–water partition coefficient (Wildman–Crippen LogP) is 5.00. The smallest absolute Gasteiger partial charge is 0.407 e. The molecule has 3 rings (SSSR count). The van der Waals surface area contributed by atoms with Crippen LogP contribution >= 0.6 is 0 Å². The summed E-state index contributed by atoms with van der Waals surface area (Å²) in [6.07, 6.45) is 1.31. The molecule has 7 heteroatoms. The van der Waals surface area contributed by atoms with E-state index in [1.165, 1.54) is 12.1 Å². The van der Waals surface area contributed by atoms with Gasteiger partial charge in [0.05, 0.1) is 6.54 Å². The van der Waals surface area contributed by atoms with Gasteiger partial charge in [0.1, 0.15) is 11.2 Å². The Hall–Kier alpha value is -3.61. The molecule has 1 aromatic carbocycles. The van der Waals surface area contributed by atoms with Crippen LogP contribution in [-0.2, 0) is 17.8 Å². The molecule has 0 radical (unpaired) electrons. The van der Waals surface area contributed by atoms with E-state index >= 15 is 0 Å². The van der Waals surface area contributed by atoms with Crippen LogP contribution in [-0.4, -0.2) is 27.3 Å². The summed E-state index contributed by atoms with van der Waals surface area (Å²) in [5, 5.41) is 12.3. The Morgan fingerprint density at radius 1 is 1.09 bits per heavy atom. The summed E-state index contributed by atoms with van der Waals surface area (Å²) >= 11 is 0. The minimum Gasteiger partial charge on any atom is -0.478 e. The number of fused-ring (bicyclic) bond motifs is 1. The Morgan fingerprint density at radius 2 is 1.76 bits per heavy atom. The standard InChI is InChI=1S/C26H30N2O5/c1-16(2)14-28-15-18-11-20(24(30)31)22(29)12-19(18)23(17-9-7-6-8-10-17)21(28)13-27-25(32)33-26(3,4)5/h6-12,15-16H,13-14H2,1-5H3,(H,27,32)(H,30,31). The SMILES string of the molecule is CC(C)Cn1cc2cc(C(=O)O)c(=O)cc-2c(-c2ccccc2)c1CNC(=O)OC(C)(C)C. The van der Waals surface area contributed by atoms with Gasteiger partial charge in [-0.05, 0) is 55.5 Å². The molecule has 2 N–H and O–H groups in total. The van der Waals surface area contributed by atoms with E-state index in [1.54, 1.807) is 20.8 Å². The highest BCUT2D eigenvalue weighted by atomic mass is 16.6. The maximum atomic E-state index is 12.6. The van der Waals surface area contributed by atoms with Gasteiger partial charge in [0.2, 0.25) is 0 Å². The first kappa shape index (κ1) is 24.0. The van der Waals surface area contributed by atoms with Crippen molar-refractivity contribution in [1.29, 1.82) is 0 Å². The summed E-state index contributed by atoms with van der Waals surface area (Å²) < 4.78 is 7.42. The summed E-state index contributed by atoms with van der Waals surface area (Å²) in [5.74, 6) is -0.969. The number of pyridine rings is 1. The van der Waals surface area contributed by atoms with Crippen molar-refractivity contribution in [3.63, 3.8) is 0 Å². The molecular formula is C26H30N2O5. The Bertz CT molecular complexity index is 1190. The molecule has 0 aromatic heterocycles. The topological polar surface area (TPSA) is 97.6 Å². The Balaban J connectivity index is 2.25. The maximum absolute atomic E-state index is 12.6. The van der Waals surface area contributed by atoms with Crippen LogP contribution in [0.5, 0.6) is 0 Å². The first-order chi connectivity index (χ1) is 15.5. The van der Waals surface area contributed by atoms with Crippen molar-refractivity contribution in [2.75, 3.05) is 0 Å². The Kier molecular flexibility index (Phi) is 6.91. The molecular weight excluding hydrogens is 420 g/mol. The number of nitrogens with one attached hydrogen (secondary N) is 1. The zero-order valence-electron chi connectivity index (χ0n) is 19.6. The third-order valence-corrected chi connectivity index (χ3v) is 5.01. The van der Waals surface area contributed by atoms with Crippen molar-refractivity contribution >= 4 is 12.1 Å². The summed E-state index contributed by atoms with van der Waals surface area (Å²) in [5.41, 5.74) is 2.27. The number of aromatic nitrogens is 1. The Labute approximate surface area is 193 Å². The number of ether oxygens (including phenoxy) is 1. The number of carboxylic acid groups (broad SMARTS) is 1. The van der Waals surface area contributed by atoms with Gasteiger partial charge >= 0.3 is 12.1 Å². The summed E-state index contributed by atoms with van der Waals surface area (Å²) in [6.45, 7) is 10.4. The van der Waals surface area contributed by atoms with Crippen molar-refractivity contribution in [2.45, 2.75) is 53.3 Å². The monoisotopic (exact) mass is 450 g/mol. The number of aromatic carboxylic acids is 1. The first-order valence-electron chi connectivity index (χ1n) is 10.9. The van der Waals surface area contributed by atoms with Crippen LogP contribution < -0.4 is 10.7 Å². The average Bonchev–Trinajstić information content (AvgIpc) is 2.70. The number of nitrogens with zero attached hydrogens (tertiary/aromatic N) is 1. The number of carboxylic acids is 1. The van der Waals surface area contributed by atoms with Crippen molar-refractivity contribution in [3.05, 3.63) is 70.1 Å². The van der Waals surface area contributed by atoms with Crippen LogP contribution in [0.3, 0.4) is 0 Å². The van der Waals surface area contributed by atoms with E-state index in [1.807, 2.05) is 41.1 Å². The third kappa shape index (κ3) is 5.80. The molecule has 33 heavy (non-hydrogen) atoms. The van der Waals surface area contributed by atoms with E-state index in [9.17, 15) is 19.5 Å². The van der Waals surface area contributed by atoms with Crippen molar-refractivity contribution in [1.82, 2.24) is 9.88 Å². The molecule has 1 aliphatic carbocycles. The second-order valence-electron chi connectivity index (χ2n) is 9.46. The summed E-state index contributed by atoms with van der Waals surface area (Å²) in [6, 6.07) is 12.4. The normalized spacial score (nSPS) is 11.6. The molecule has 0 bridgehead atoms. The van der Waals surface area contributed by atoms with Gasteiger partial charge in [-0.1, -0.05) is 44.2 Å². The molecule has 1 heterocycles.